The molecule has 2 heterocycles. The lowest BCUT2D eigenvalue weighted by atomic mass is 10.1. The predicted octanol–water partition coefficient (Wildman–Crippen LogP) is 1.47. The normalized spacial score (nSPS) is 19.0. The molecule has 2 aromatic rings. The Kier molecular flexibility index (Phi) is 2.47. The molecular formula is C13H15N3O2. The van der Waals surface area contributed by atoms with Crippen molar-refractivity contribution in [2.24, 2.45) is 7.05 Å². The molecule has 3 rings (SSSR count). The zero-order chi connectivity index (χ0) is 12.7. The lowest BCUT2D eigenvalue weighted by Crippen LogP contribution is -2.31. The second-order valence-corrected chi connectivity index (χ2v) is 4.54. The predicted molar refractivity (Wildman–Crippen MR) is 67.8 cm³/mol. The number of nitrogens with one attached hydrogen (secondary N) is 1. The van der Waals surface area contributed by atoms with E-state index in [1.807, 2.05) is 32.3 Å². The highest BCUT2D eigenvalue weighted by Gasteiger charge is 2.25. The van der Waals surface area contributed by atoms with Gasteiger partial charge < -0.3 is 10.1 Å². The molecule has 0 saturated carbocycles. The summed E-state index contributed by atoms with van der Waals surface area (Å²) in [5, 5.41) is 8.18. The van der Waals surface area contributed by atoms with Crippen LogP contribution in [0.4, 0.5) is 0 Å². The SMILES string of the molecule is CC[C@@H]1CNC(=O)c2c(ccc3cn(C)nc23)O1. The minimum Gasteiger partial charge on any atom is -0.488 e. The third-order valence-corrected chi connectivity index (χ3v) is 3.22. The first-order chi connectivity index (χ1) is 8.69. The molecule has 1 aromatic carbocycles. The standard InChI is InChI=1S/C13H15N3O2/c1-3-9-6-14-13(17)11-10(18-9)5-4-8-7-16(2)15-12(8)11/h4-5,7,9H,3,6H2,1-2H3,(H,14,17)/t9-/m1/s1. The smallest absolute Gasteiger partial charge is 0.257 e. The number of nitrogens with zero attached hydrogens (tertiary/aromatic N) is 2. The van der Waals surface area contributed by atoms with Gasteiger partial charge in [-0.15, -0.1) is 0 Å². The Morgan fingerprint density at radius 3 is 3.17 bits per heavy atom. The Hall–Kier alpha value is -2.04. The van der Waals surface area contributed by atoms with Crippen molar-refractivity contribution in [3.8, 4) is 5.75 Å². The lowest BCUT2D eigenvalue weighted by molar-refractivity contribution is 0.0951. The van der Waals surface area contributed by atoms with E-state index in [-0.39, 0.29) is 12.0 Å². The van der Waals surface area contributed by atoms with Crippen molar-refractivity contribution in [2.45, 2.75) is 19.4 Å². The molecule has 0 unspecified atom stereocenters. The summed E-state index contributed by atoms with van der Waals surface area (Å²) >= 11 is 0. The summed E-state index contributed by atoms with van der Waals surface area (Å²) in [4.78, 5) is 12.1. The Morgan fingerprint density at radius 1 is 1.56 bits per heavy atom. The zero-order valence-electron chi connectivity index (χ0n) is 10.4. The van der Waals surface area contributed by atoms with Crippen LogP contribution in [0.5, 0.6) is 5.75 Å². The molecular weight excluding hydrogens is 230 g/mol. The number of benzene rings is 1. The molecule has 1 aliphatic rings. The highest BCUT2D eigenvalue weighted by atomic mass is 16.5. The molecule has 1 amide bonds. The maximum absolute atomic E-state index is 12.1. The van der Waals surface area contributed by atoms with E-state index in [0.717, 1.165) is 11.8 Å². The van der Waals surface area contributed by atoms with Crippen LogP contribution in [0.2, 0.25) is 0 Å². The van der Waals surface area contributed by atoms with Crippen molar-refractivity contribution in [1.82, 2.24) is 15.1 Å². The average molecular weight is 245 g/mol. The maximum Gasteiger partial charge on any atom is 0.257 e. The van der Waals surface area contributed by atoms with Gasteiger partial charge >= 0.3 is 0 Å². The van der Waals surface area contributed by atoms with E-state index in [0.29, 0.717) is 23.4 Å². The zero-order valence-corrected chi connectivity index (χ0v) is 10.4. The second kappa shape index (κ2) is 4.01. The number of amides is 1. The van der Waals surface area contributed by atoms with Crippen LogP contribution >= 0.6 is 0 Å². The topological polar surface area (TPSA) is 56.2 Å². The van der Waals surface area contributed by atoms with Crippen LogP contribution in [0, 0.1) is 0 Å². The highest BCUT2D eigenvalue weighted by molar-refractivity contribution is 6.08. The van der Waals surface area contributed by atoms with Crippen LogP contribution in [0.25, 0.3) is 10.9 Å². The van der Waals surface area contributed by atoms with Gasteiger partial charge in [0.05, 0.1) is 6.54 Å². The first-order valence-corrected chi connectivity index (χ1v) is 6.10. The first-order valence-electron chi connectivity index (χ1n) is 6.10. The number of aromatic nitrogens is 2. The fourth-order valence-corrected chi connectivity index (χ4v) is 2.25. The van der Waals surface area contributed by atoms with Crippen LogP contribution in [0.15, 0.2) is 18.3 Å². The molecule has 5 nitrogen and oxygen atoms in total. The molecule has 94 valence electrons. The summed E-state index contributed by atoms with van der Waals surface area (Å²) in [6, 6.07) is 3.79. The van der Waals surface area contributed by atoms with Crippen molar-refractivity contribution in [3.63, 3.8) is 0 Å². The minimum absolute atomic E-state index is 0.0244. The molecule has 0 radical (unpaired) electrons. The Balaban J connectivity index is 2.21. The summed E-state index contributed by atoms with van der Waals surface area (Å²) in [6.07, 6.45) is 2.78. The van der Waals surface area contributed by atoms with Gasteiger partial charge in [-0.25, -0.2) is 0 Å². The molecule has 1 N–H and O–H groups in total. The monoisotopic (exact) mass is 245 g/mol. The van der Waals surface area contributed by atoms with Crippen molar-refractivity contribution in [1.29, 1.82) is 0 Å². The molecule has 18 heavy (non-hydrogen) atoms. The minimum atomic E-state index is -0.106. The third-order valence-electron chi connectivity index (χ3n) is 3.22. The molecule has 5 heteroatoms. The van der Waals surface area contributed by atoms with Gasteiger partial charge in [-0.3, -0.25) is 9.48 Å². The molecule has 0 aliphatic carbocycles. The number of ether oxygens (including phenoxy) is 1. The Morgan fingerprint density at radius 2 is 2.39 bits per heavy atom. The molecule has 0 saturated heterocycles. The number of aryl methyl sites for hydroxylation is 1. The van der Waals surface area contributed by atoms with E-state index >= 15 is 0 Å². The van der Waals surface area contributed by atoms with Crippen LogP contribution in [-0.4, -0.2) is 28.3 Å². The quantitative estimate of drug-likeness (QED) is 0.827. The Labute approximate surface area is 105 Å². The van der Waals surface area contributed by atoms with Gasteiger partial charge in [0, 0.05) is 18.6 Å². The molecule has 0 bridgehead atoms. The summed E-state index contributed by atoms with van der Waals surface area (Å²) in [5.74, 6) is 0.522. The fourth-order valence-electron chi connectivity index (χ4n) is 2.25. The number of fused-ring (bicyclic) bond motifs is 3. The van der Waals surface area contributed by atoms with Gasteiger partial charge in [0.25, 0.3) is 5.91 Å². The molecule has 1 aliphatic heterocycles. The van der Waals surface area contributed by atoms with Crippen molar-refractivity contribution >= 4 is 16.8 Å². The van der Waals surface area contributed by atoms with E-state index in [1.165, 1.54) is 0 Å². The van der Waals surface area contributed by atoms with Crippen molar-refractivity contribution in [2.75, 3.05) is 6.54 Å². The number of hydrogen-bond acceptors (Lipinski definition) is 3. The lowest BCUT2D eigenvalue weighted by Gasteiger charge is -2.14. The van der Waals surface area contributed by atoms with Gasteiger partial charge in [0.2, 0.25) is 0 Å². The van der Waals surface area contributed by atoms with Gasteiger partial charge in [-0.05, 0) is 18.6 Å². The molecule has 0 fully saturated rings. The number of hydrogen-bond donors (Lipinski definition) is 1. The summed E-state index contributed by atoms with van der Waals surface area (Å²) in [6.45, 7) is 2.58. The molecule has 1 aromatic heterocycles. The number of rotatable bonds is 1. The van der Waals surface area contributed by atoms with Crippen LogP contribution in [0.1, 0.15) is 23.7 Å². The summed E-state index contributed by atoms with van der Waals surface area (Å²) in [7, 11) is 1.84. The van der Waals surface area contributed by atoms with E-state index in [2.05, 4.69) is 10.4 Å². The van der Waals surface area contributed by atoms with Gasteiger partial charge in [-0.1, -0.05) is 6.92 Å². The van der Waals surface area contributed by atoms with E-state index in [1.54, 1.807) is 4.68 Å². The number of carbonyl (C=O) groups is 1. The average Bonchev–Trinajstić information content (AvgIpc) is 2.64. The third kappa shape index (κ3) is 1.63. The van der Waals surface area contributed by atoms with Crippen LogP contribution in [-0.2, 0) is 7.05 Å². The van der Waals surface area contributed by atoms with Crippen LogP contribution < -0.4 is 10.1 Å². The van der Waals surface area contributed by atoms with Crippen molar-refractivity contribution < 1.29 is 9.53 Å². The summed E-state index contributed by atoms with van der Waals surface area (Å²) < 4.78 is 7.57. The van der Waals surface area contributed by atoms with E-state index in [4.69, 9.17) is 4.74 Å². The van der Waals surface area contributed by atoms with E-state index < -0.39 is 0 Å². The van der Waals surface area contributed by atoms with Gasteiger partial charge in [0.15, 0.2) is 0 Å². The highest BCUT2D eigenvalue weighted by Crippen LogP contribution is 2.29. The van der Waals surface area contributed by atoms with E-state index in [9.17, 15) is 4.79 Å². The fraction of sp³-hybridized carbons (Fsp3) is 0.385. The van der Waals surface area contributed by atoms with Gasteiger partial charge in [-0.2, -0.15) is 5.10 Å². The first kappa shape index (κ1) is 11.1. The van der Waals surface area contributed by atoms with Crippen molar-refractivity contribution in [3.05, 3.63) is 23.9 Å². The second-order valence-electron chi connectivity index (χ2n) is 4.54. The molecule has 0 spiro atoms. The maximum atomic E-state index is 12.1. The van der Waals surface area contributed by atoms with Crippen LogP contribution in [0.3, 0.4) is 0 Å². The van der Waals surface area contributed by atoms with Gasteiger partial charge in [0.1, 0.15) is 22.9 Å². The summed E-state index contributed by atoms with van der Waals surface area (Å²) in [5.41, 5.74) is 1.24. The molecule has 1 atom stereocenters. The number of carbonyl (C=O) groups excluding carboxylic acids is 1. The largest absolute Gasteiger partial charge is 0.488 e. The Bertz CT molecular complexity index is 618.